The van der Waals surface area contributed by atoms with Crippen LogP contribution in [0, 0.1) is 11.3 Å². The van der Waals surface area contributed by atoms with Crippen molar-refractivity contribution in [2.45, 2.75) is 13.0 Å². The van der Waals surface area contributed by atoms with Crippen LogP contribution in [0.15, 0.2) is 30.7 Å². The quantitative estimate of drug-likeness (QED) is 0.774. The van der Waals surface area contributed by atoms with E-state index >= 15 is 0 Å². The Morgan fingerprint density at radius 1 is 1.41 bits per heavy atom. The van der Waals surface area contributed by atoms with E-state index in [0.717, 1.165) is 25.2 Å². The molecule has 2 aromatic heterocycles. The monoisotopic (exact) mass is 228 g/mol. The summed E-state index contributed by atoms with van der Waals surface area (Å²) < 4.78 is 1.79. The minimum Gasteiger partial charge on any atom is -0.384 e. The minimum atomic E-state index is 0.429. The van der Waals surface area contributed by atoms with Gasteiger partial charge in [-0.3, -0.25) is 4.68 Å². The van der Waals surface area contributed by atoms with Crippen LogP contribution in [0.1, 0.15) is 12.1 Å². The molecule has 0 aromatic carbocycles. The van der Waals surface area contributed by atoms with Crippen LogP contribution in [0.2, 0.25) is 0 Å². The maximum Gasteiger partial charge on any atom is 0.140 e. The molecule has 0 spiro atoms. The van der Waals surface area contributed by atoms with Crippen LogP contribution in [0.25, 0.3) is 0 Å². The molecule has 0 amide bonds. The van der Waals surface area contributed by atoms with Gasteiger partial charge >= 0.3 is 0 Å². The Kier molecular flexibility index (Phi) is 3.65. The lowest BCUT2D eigenvalue weighted by Gasteiger charge is -2.05. The molecule has 0 saturated heterocycles. The highest BCUT2D eigenvalue weighted by Gasteiger charge is 1.95. The third-order valence-corrected chi connectivity index (χ3v) is 2.24. The van der Waals surface area contributed by atoms with Gasteiger partial charge in [-0.15, -0.1) is 5.10 Å². The lowest BCUT2D eigenvalue weighted by molar-refractivity contribution is 0.570. The largest absolute Gasteiger partial charge is 0.384 e. The van der Waals surface area contributed by atoms with Crippen molar-refractivity contribution in [1.82, 2.24) is 20.0 Å². The zero-order chi connectivity index (χ0) is 11.9. The number of anilines is 1. The first-order chi connectivity index (χ1) is 8.38. The van der Waals surface area contributed by atoms with Gasteiger partial charge in [0.05, 0.1) is 18.1 Å². The summed E-state index contributed by atoms with van der Waals surface area (Å²) >= 11 is 0. The van der Waals surface area contributed by atoms with E-state index in [0.29, 0.717) is 5.69 Å². The fourth-order valence-corrected chi connectivity index (χ4v) is 1.39. The Bertz CT molecular complexity index is 482. The van der Waals surface area contributed by atoms with Gasteiger partial charge < -0.3 is 5.32 Å². The van der Waals surface area contributed by atoms with Crippen molar-refractivity contribution in [3.05, 3.63) is 36.4 Å². The van der Waals surface area contributed by atoms with Gasteiger partial charge in [0.1, 0.15) is 11.8 Å². The minimum absolute atomic E-state index is 0.429. The normalized spacial score (nSPS) is 9.82. The van der Waals surface area contributed by atoms with E-state index in [2.05, 4.69) is 20.6 Å². The lowest BCUT2D eigenvalue weighted by Crippen LogP contribution is -2.07. The van der Waals surface area contributed by atoms with Gasteiger partial charge in [-0.05, 0) is 18.6 Å². The molecule has 0 unspecified atom stereocenters. The first-order valence-corrected chi connectivity index (χ1v) is 5.32. The zero-order valence-corrected chi connectivity index (χ0v) is 9.24. The van der Waals surface area contributed by atoms with E-state index in [1.54, 1.807) is 23.1 Å². The molecular weight excluding hydrogens is 216 g/mol. The SMILES string of the molecule is N#Cc1ccc(NCCCn2ccnn2)cn1. The number of rotatable bonds is 5. The van der Waals surface area contributed by atoms with Gasteiger partial charge in [-0.25, -0.2) is 4.98 Å². The van der Waals surface area contributed by atoms with Crippen LogP contribution in [0.5, 0.6) is 0 Å². The number of aryl methyl sites for hydroxylation is 1. The van der Waals surface area contributed by atoms with Crippen LogP contribution in [0.3, 0.4) is 0 Å². The molecule has 0 aliphatic rings. The number of nitrogens with one attached hydrogen (secondary N) is 1. The average molecular weight is 228 g/mol. The Morgan fingerprint density at radius 2 is 2.35 bits per heavy atom. The summed E-state index contributed by atoms with van der Waals surface area (Å²) in [6, 6.07) is 5.52. The molecular formula is C11H12N6. The number of pyridine rings is 1. The molecule has 2 rings (SSSR count). The zero-order valence-electron chi connectivity index (χ0n) is 9.24. The van der Waals surface area contributed by atoms with Crippen molar-refractivity contribution < 1.29 is 0 Å². The van der Waals surface area contributed by atoms with Crippen molar-refractivity contribution >= 4 is 5.69 Å². The average Bonchev–Trinajstić information content (AvgIpc) is 2.88. The standard InChI is InChI=1S/C11H12N6/c12-8-10-2-3-11(9-14-10)13-4-1-6-17-7-5-15-16-17/h2-3,5,7,9,13H,1,4,6H2. The van der Waals surface area contributed by atoms with Gasteiger partial charge in [-0.2, -0.15) is 5.26 Å². The molecule has 6 nitrogen and oxygen atoms in total. The van der Waals surface area contributed by atoms with Crippen LogP contribution < -0.4 is 5.32 Å². The predicted octanol–water partition coefficient (Wildman–Crippen LogP) is 1.05. The highest BCUT2D eigenvalue weighted by molar-refractivity contribution is 5.42. The third-order valence-electron chi connectivity index (χ3n) is 2.24. The van der Waals surface area contributed by atoms with Gasteiger partial charge in [0, 0.05) is 19.3 Å². The van der Waals surface area contributed by atoms with Crippen LogP contribution in [-0.4, -0.2) is 26.5 Å². The fourth-order valence-electron chi connectivity index (χ4n) is 1.39. The van der Waals surface area contributed by atoms with Crippen molar-refractivity contribution in [3.8, 4) is 6.07 Å². The van der Waals surface area contributed by atoms with E-state index in [9.17, 15) is 0 Å². The van der Waals surface area contributed by atoms with Gasteiger partial charge in [0.25, 0.3) is 0 Å². The lowest BCUT2D eigenvalue weighted by atomic mass is 10.3. The summed E-state index contributed by atoms with van der Waals surface area (Å²) in [5.41, 5.74) is 1.35. The van der Waals surface area contributed by atoms with Crippen molar-refractivity contribution in [2.24, 2.45) is 0 Å². The van der Waals surface area contributed by atoms with Gasteiger partial charge in [0.15, 0.2) is 0 Å². The fraction of sp³-hybridized carbons (Fsp3) is 0.273. The van der Waals surface area contributed by atoms with E-state index in [1.165, 1.54) is 0 Å². The molecule has 2 heterocycles. The molecule has 86 valence electrons. The maximum absolute atomic E-state index is 8.60. The molecule has 0 saturated carbocycles. The number of hydrogen-bond acceptors (Lipinski definition) is 5. The van der Waals surface area contributed by atoms with Crippen LogP contribution >= 0.6 is 0 Å². The molecule has 0 atom stereocenters. The summed E-state index contributed by atoms with van der Waals surface area (Å²) in [6.07, 6.45) is 6.11. The van der Waals surface area contributed by atoms with Crippen molar-refractivity contribution in [3.63, 3.8) is 0 Å². The maximum atomic E-state index is 8.60. The Morgan fingerprint density at radius 3 is 3.00 bits per heavy atom. The molecule has 0 fully saturated rings. The number of nitriles is 1. The molecule has 17 heavy (non-hydrogen) atoms. The number of nitrogens with zero attached hydrogens (tertiary/aromatic N) is 5. The molecule has 0 bridgehead atoms. The van der Waals surface area contributed by atoms with Crippen molar-refractivity contribution in [2.75, 3.05) is 11.9 Å². The Balaban J connectivity index is 1.73. The van der Waals surface area contributed by atoms with Gasteiger partial charge in [-0.1, -0.05) is 5.21 Å². The smallest absolute Gasteiger partial charge is 0.140 e. The van der Waals surface area contributed by atoms with E-state index in [-0.39, 0.29) is 0 Å². The van der Waals surface area contributed by atoms with E-state index in [1.807, 2.05) is 18.3 Å². The summed E-state index contributed by atoms with van der Waals surface area (Å²) in [5.74, 6) is 0. The first-order valence-electron chi connectivity index (χ1n) is 5.32. The summed E-state index contributed by atoms with van der Waals surface area (Å²) in [4.78, 5) is 3.97. The third kappa shape index (κ3) is 3.28. The predicted molar refractivity (Wildman–Crippen MR) is 62.1 cm³/mol. The molecule has 6 heteroatoms. The second-order valence-corrected chi connectivity index (χ2v) is 3.49. The number of aromatic nitrogens is 4. The second kappa shape index (κ2) is 5.61. The highest BCUT2D eigenvalue weighted by Crippen LogP contribution is 2.05. The van der Waals surface area contributed by atoms with Crippen LogP contribution in [-0.2, 0) is 6.54 Å². The Labute approximate surface area is 98.9 Å². The summed E-state index contributed by atoms with van der Waals surface area (Å²) in [6.45, 7) is 1.66. The molecule has 0 aliphatic heterocycles. The van der Waals surface area contributed by atoms with Gasteiger partial charge in [0.2, 0.25) is 0 Å². The van der Waals surface area contributed by atoms with Crippen LogP contribution in [0.4, 0.5) is 5.69 Å². The molecule has 1 N–H and O–H groups in total. The molecule has 0 radical (unpaired) electrons. The number of hydrogen-bond donors (Lipinski definition) is 1. The van der Waals surface area contributed by atoms with E-state index < -0.39 is 0 Å². The topological polar surface area (TPSA) is 79.4 Å². The highest BCUT2D eigenvalue weighted by atomic mass is 15.4. The summed E-state index contributed by atoms with van der Waals surface area (Å²) in [7, 11) is 0. The second-order valence-electron chi connectivity index (χ2n) is 3.49. The van der Waals surface area contributed by atoms with Crippen molar-refractivity contribution in [1.29, 1.82) is 5.26 Å². The Hall–Kier alpha value is -2.42. The molecule has 2 aromatic rings. The van der Waals surface area contributed by atoms with E-state index in [4.69, 9.17) is 5.26 Å². The first kappa shape index (κ1) is 11.1. The summed E-state index contributed by atoms with van der Waals surface area (Å²) in [5, 5.41) is 19.4. The molecule has 0 aliphatic carbocycles.